The molecule has 3 heterocycles. The molecule has 1 amide bonds. The third-order valence-electron chi connectivity index (χ3n) is 5.30. The van der Waals surface area contributed by atoms with Crippen molar-refractivity contribution in [3.63, 3.8) is 0 Å². The number of amides is 1. The Morgan fingerprint density at radius 2 is 1.71 bits per heavy atom. The summed E-state index contributed by atoms with van der Waals surface area (Å²) in [5, 5.41) is 4.13. The highest BCUT2D eigenvalue weighted by molar-refractivity contribution is 5.93. The Bertz CT molecular complexity index is 980. The molecule has 1 saturated heterocycles. The number of piperazine rings is 1. The van der Waals surface area contributed by atoms with Crippen molar-refractivity contribution < 1.29 is 4.79 Å². The van der Waals surface area contributed by atoms with Gasteiger partial charge in [0.05, 0.1) is 17.1 Å². The Balaban J connectivity index is 1.49. The summed E-state index contributed by atoms with van der Waals surface area (Å²) >= 11 is 0. The lowest BCUT2D eigenvalue weighted by atomic mass is 10.2. The second-order valence-corrected chi connectivity index (χ2v) is 7.41. The van der Waals surface area contributed by atoms with Crippen LogP contribution < -0.4 is 10.2 Å². The van der Waals surface area contributed by atoms with Crippen LogP contribution in [0.1, 0.15) is 11.4 Å². The Labute approximate surface area is 165 Å². The Kier molecular flexibility index (Phi) is 5.00. The summed E-state index contributed by atoms with van der Waals surface area (Å²) < 4.78 is 1.95. The Hall–Kier alpha value is -2.93. The molecule has 3 aromatic rings. The lowest BCUT2D eigenvalue weighted by Gasteiger charge is -2.32. The van der Waals surface area contributed by atoms with Crippen LogP contribution in [-0.2, 0) is 11.3 Å². The summed E-state index contributed by atoms with van der Waals surface area (Å²) in [6.07, 6.45) is 1.94. The van der Waals surface area contributed by atoms with Gasteiger partial charge in [-0.2, -0.15) is 0 Å². The van der Waals surface area contributed by atoms with Crippen LogP contribution in [0.5, 0.6) is 0 Å². The number of carbonyl (C=O) groups is 1. The molecular weight excluding hydrogens is 352 g/mol. The summed E-state index contributed by atoms with van der Waals surface area (Å²) in [5.41, 5.74) is 3.35. The van der Waals surface area contributed by atoms with E-state index in [-0.39, 0.29) is 12.5 Å². The Morgan fingerprint density at radius 1 is 1.04 bits per heavy atom. The number of aromatic nitrogens is 3. The van der Waals surface area contributed by atoms with Gasteiger partial charge >= 0.3 is 0 Å². The van der Waals surface area contributed by atoms with Gasteiger partial charge < -0.3 is 19.7 Å². The number of nitrogens with zero attached hydrogens (tertiary/aromatic N) is 5. The van der Waals surface area contributed by atoms with Gasteiger partial charge in [0.15, 0.2) is 0 Å². The largest absolute Gasteiger partial charge is 0.338 e. The first-order valence-electron chi connectivity index (χ1n) is 9.64. The lowest BCUT2D eigenvalue weighted by molar-refractivity contribution is -0.116. The molecular formula is C21H26N6O. The average molecular weight is 378 g/mol. The zero-order valence-corrected chi connectivity index (χ0v) is 16.6. The van der Waals surface area contributed by atoms with Gasteiger partial charge in [0, 0.05) is 37.9 Å². The lowest BCUT2D eigenvalue weighted by Crippen LogP contribution is -2.45. The van der Waals surface area contributed by atoms with Crippen LogP contribution in [0.15, 0.2) is 36.5 Å². The number of rotatable bonds is 4. The molecule has 0 unspecified atom stereocenters. The van der Waals surface area contributed by atoms with Crippen LogP contribution in [0.2, 0.25) is 0 Å². The van der Waals surface area contributed by atoms with E-state index < -0.39 is 0 Å². The molecule has 7 heteroatoms. The summed E-state index contributed by atoms with van der Waals surface area (Å²) in [6, 6.07) is 10.1. The van der Waals surface area contributed by atoms with E-state index in [4.69, 9.17) is 0 Å². The molecule has 0 aliphatic carbocycles. The molecule has 0 bridgehead atoms. The van der Waals surface area contributed by atoms with E-state index >= 15 is 0 Å². The second kappa shape index (κ2) is 7.59. The van der Waals surface area contributed by atoms with Crippen molar-refractivity contribution in [3.8, 4) is 0 Å². The average Bonchev–Trinajstić information content (AvgIpc) is 3.08. The van der Waals surface area contributed by atoms with Crippen molar-refractivity contribution >= 4 is 28.4 Å². The van der Waals surface area contributed by atoms with Gasteiger partial charge in [-0.1, -0.05) is 18.2 Å². The van der Waals surface area contributed by atoms with Gasteiger partial charge in [0.25, 0.3) is 0 Å². The molecule has 4 rings (SSSR count). The standard InChI is InChI=1S/C21H26N6O/c1-15-20(16(2)23-21(22-15)26-12-10-25(3)11-13-26)24-19(28)14-27-9-8-17-6-4-5-7-18(17)27/h4-9H,10-14H2,1-3H3,(H,24,28). The molecule has 0 spiro atoms. The molecule has 1 N–H and O–H groups in total. The number of hydrogen-bond acceptors (Lipinski definition) is 5. The van der Waals surface area contributed by atoms with Crippen molar-refractivity contribution in [1.29, 1.82) is 0 Å². The van der Waals surface area contributed by atoms with Crippen molar-refractivity contribution in [2.45, 2.75) is 20.4 Å². The van der Waals surface area contributed by atoms with E-state index in [0.29, 0.717) is 5.69 Å². The van der Waals surface area contributed by atoms with E-state index in [9.17, 15) is 4.79 Å². The fraction of sp³-hybridized carbons (Fsp3) is 0.381. The molecule has 0 radical (unpaired) electrons. The molecule has 146 valence electrons. The maximum absolute atomic E-state index is 12.6. The minimum atomic E-state index is -0.0801. The number of anilines is 2. The quantitative estimate of drug-likeness (QED) is 0.755. The summed E-state index contributed by atoms with van der Waals surface area (Å²) in [6.45, 7) is 7.95. The van der Waals surface area contributed by atoms with E-state index in [0.717, 1.165) is 54.4 Å². The van der Waals surface area contributed by atoms with Gasteiger partial charge in [-0.25, -0.2) is 9.97 Å². The van der Waals surface area contributed by atoms with Crippen molar-refractivity contribution in [2.24, 2.45) is 0 Å². The van der Waals surface area contributed by atoms with Gasteiger partial charge in [-0.15, -0.1) is 0 Å². The number of hydrogen-bond donors (Lipinski definition) is 1. The number of likely N-dealkylation sites (N-methyl/N-ethyl adjacent to an activating group) is 1. The zero-order valence-electron chi connectivity index (χ0n) is 16.6. The number of benzene rings is 1. The van der Waals surface area contributed by atoms with E-state index in [1.807, 2.05) is 54.9 Å². The third-order valence-corrected chi connectivity index (χ3v) is 5.30. The highest BCUT2D eigenvalue weighted by Crippen LogP contribution is 2.22. The van der Waals surface area contributed by atoms with Crippen LogP contribution in [0.4, 0.5) is 11.6 Å². The Morgan fingerprint density at radius 3 is 2.43 bits per heavy atom. The van der Waals surface area contributed by atoms with Crippen LogP contribution in [0, 0.1) is 13.8 Å². The minimum absolute atomic E-state index is 0.0801. The number of nitrogens with one attached hydrogen (secondary N) is 1. The zero-order chi connectivity index (χ0) is 19.7. The molecule has 28 heavy (non-hydrogen) atoms. The van der Waals surface area contributed by atoms with Gasteiger partial charge in [-0.3, -0.25) is 4.79 Å². The fourth-order valence-corrected chi connectivity index (χ4v) is 3.64. The smallest absolute Gasteiger partial charge is 0.244 e. The molecule has 1 aliphatic rings. The van der Waals surface area contributed by atoms with Crippen molar-refractivity contribution in [2.75, 3.05) is 43.4 Å². The minimum Gasteiger partial charge on any atom is -0.338 e. The van der Waals surface area contributed by atoms with Crippen LogP contribution >= 0.6 is 0 Å². The van der Waals surface area contributed by atoms with E-state index in [1.165, 1.54) is 0 Å². The molecule has 2 aromatic heterocycles. The molecule has 1 fully saturated rings. The van der Waals surface area contributed by atoms with Gasteiger partial charge in [0.1, 0.15) is 6.54 Å². The highest BCUT2D eigenvalue weighted by Gasteiger charge is 2.19. The first-order chi connectivity index (χ1) is 13.5. The maximum atomic E-state index is 12.6. The van der Waals surface area contributed by atoms with E-state index in [1.54, 1.807) is 0 Å². The fourth-order valence-electron chi connectivity index (χ4n) is 3.64. The summed E-state index contributed by atoms with van der Waals surface area (Å²) in [5.74, 6) is 0.668. The van der Waals surface area contributed by atoms with Crippen LogP contribution in [-0.4, -0.2) is 58.6 Å². The molecule has 1 aromatic carbocycles. The number of fused-ring (bicyclic) bond motifs is 1. The normalized spacial score (nSPS) is 15.2. The van der Waals surface area contributed by atoms with Gasteiger partial charge in [-0.05, 0) is 38.4 Å². The highest BCUT2D eigenvalue weighted by atomic mass is 16.1. The van der Waals surface area contributed by atoms with Crippen LogP contribution in [0.3, 0.4) is 0 Å². The van der Waals surface area contributed by atoms with Crippen molar-refractivity contribution in [1.82, 2.24) is 19.4 Å². The molecule has 7 nitrogen and oxygen atoms in total. The number of para-hydroxylation sites is 1. The second-order valence-electron chi connectivity index (χ2n) is 7.41. The predicted molar refractivity (Wildman–Crippen MR) is 112 cm³/mol. The molecule has 0 atom stereocenters. The van der Waals surface area contributed by atoms with Gasteiger partial charge in [0.2, 0.25) is 11.9 Å². The number of aryl methyl sites for hydroxylation is 2. The number of carbonyl (C=O) groups excluding carboxylic acids is 1. The monoisotopic (exact) mass is 378 g/mol. The van der Waals surface area contributed by atoms with Crippen LogP contribution in [0.25, 0.3) is 10.9 Å². The molecule has 1 aliphatic heterocycles. The first kappa shape index (κ1) is 18.4. The topological polar surface area (TPSA) is 66.3 Å². The van der Waals surface area contributed by atoms with Crippen molar-refractivity contribution in [3.05, 3.63) is 47.9 Å². The summed E-state index contributed by atoms with van der Waals surface area (Å²) in [7, 11) is 2.13. The first-order valence-corrected chi connectivity index (χ1v) is 9.64. The van der Waals surface area contributed by atoms with E-state index in [2.05, 4.69) is 32.1 Å². The summed E-state index contributed by atoms with van der Waals surface area (Å²) in [4.78, 5) is 26.5. The predicted octanol–water partition coefficient (Wildman–Crippen LogP) is 2.44. The molecule has 0 saturated carbocycles. The maximum Gasteiger partial charge on any atom is 0.244 e. The third kappa shape index (κ3) is 3.71. The SMILES string of the molecule is Cc1nc(N2CCN(C)CC2)nc(C)c1NC(=O)Cn1ccc2ccccc21.